The molecule has 0 N–H and O–H groups in total. The fraction of sp³-hybridized carbons (Fsp3) is 0.538. The van der Waals surface area contributed by atoms with E-state index in [1.54, 1.807) is 23.9 Å². The van der Waals surface area contributed by atoms with Gasteiger partial charge < -0.3 is 9.80 Å². The van der Waals surface area contributed by atoms with E-state index in [9.17, 15) is 9.59 Å². The largest absolute Gasteiger partial charge is 0.349 e. The van der Waals surface area contributed by atoms with Gasteiger partial charge in [-0.1, -0.05) is 11.6 Å². The van der Waals surface area contributed by atoms with Crippen molar-refractivity contribution >= 4 is 23.4 Å². The smallest absolute Gasteiger partial charge is 0.274 e. The predicted molar refractivity (Wildman–Crippen MR) is 74.4 cm³/mol. The van der Waals surface area contributed by atoms with Gasteiger partial charge in [0.15, 0.2) is 0 Å². The summed E-state index contributed by atoms with van der Waals surface area (Å²) in [5, 5.41) is 0.261. The average Bonchev–Trinajstić information content (AvgIpc) is 2.46. The first-order valence-corrected chi connectivity index (χ1v) is 6.85. The Labute approximate surface area is 122 Å². The summed E-state index contributed by atoms with van der Waals surface area (Å²) >= 11 is 5.65. The first-order valence-electron chi connectivity index (χ1n) is 6.47. The molecule has 1 aliphatic heterocycles. The molecule has 2 heterocycles. The van der Waals surface area contributed by atoms with E-state index in [2.05, 4.69) is 9.97 Å². The van der Waals surface area contributed by atoms with Gasteiger partial charge in [0.2, 0.25) is 5.91 Å². The van der Waals surface area contributed by atoms with Gasteiger partial charge in [-0.2, -0.15) is 0 Å². The molecule has 0 aliphatic carbocycles. The summed E-state index contributed by atoms with van der Waals surface area (Å²) in [5.41, 5.74) is 0.284. The highest BCUT2D eigenvalue weighted by atomic mass is 35.5. The quantitative estimate of drug-likeness (QED) is 0.819. The van der Waals surface area contributed by atoms with Crippen molar-refractivity contribution in [3.05, 3.63) is 23.2 Å². The van der Waals surface area contributed by atoms with Gasteiger partial charge in [-0.3, -0.25) is 9.59 Å². The number of likely N-dealkylation sites (tertiary alicyclic amines) is 1. The van der Waals surface area contributed by atoms with Gasteiger partial charge in [0.25, 0.3) is 5.91 Å². The zero-order valence-electron chi connectivity index (χ0n) is 11.5. The SMILES string of the molecule is CN(C)C(=O)C1CCN(C(=O)c2cnc(Cl)cn2)CC1. The summed E-state index contributed by atoms with van der Waals surface area (Å²) in [4.78, 5) is 35.2. The zero-order chi connectivity index (χ0) is 14.7. The highest BCUT2D eigenvalue weighted by Gasteiger charge is 2.29. The van der Waals surface area contributed by atoms with Gasteiger partial charge in [-0.05, 0) is 12.8 Å². The van der Waals surface area contributed by atoms with Crippen molar-refractivity contribution in [2.75, 3.05) is 27.2 Å². The van der Waals surface area contributed by atoms with Crippen LogP contribution in [0.4, 0.5) is 0 Å². The van der Waals surface area contributed by atoms with Crippen LogP contribution in [-0.2, 0) is 4.79 Å². The first-order chi connectivity index (χ1) is 9.49. The maximum atomic E-state index is 12.2. The second-order valence-electron chi connectivity index (χ2n) is 5.02. The Hall–Kier alpha value is -1.69. The van der Waals surface area contributed by atoms with Crippen molar-refractivity contribution in [3.8, 4) is 0 Å². The Morgan fingerprint density at radius 3 is 2.40 bits per heavy atom. The lowest BCUT2D eigenvalue weighted by Crippen LogP contribution is -2.43. The third-order valence-corrected chi connectivity index (χ3v) is 3.61. The van der Waals surface area contributed by atoms with E-state index < -0.39 is 0 Å². The molecular weight excluding hydrogens is 280 g/mol. The Morgan fingerprint density at radius 1 is 1.25 bits per heavy atom. The molecule has 2 rings (SSSR count). The zero-order valence-corrected chi connectivity index (χ0v) is 12.3. The Morgan fingerprint density at radius 2 is 1.90 bits per heavy atom. The maximum absolute atomic E-state index is 12.2. The van der Waals surface area contributed by atoms with Crippen LogP contribution in [0.15, 0.2) is 12.4 Å². The van der Waals surface area contributed by atoms with Gasteiger partial charge in [-0.25, -0.2) is 9.97 Å². The van der Waals surface area contributed by atoms with Crippen molar-refractivity contribution in [1.82, 2.24) is 19.8 Å². The van der Waals surface area contributed by atoms with Crippen LogP contribution >= 0.6 is 11.6 Å². The summed E-state index contributed by atoms with van der Waals surface area (Å²) in [5.74, 6) is -0.0290. The summed E-state index contributed by atoms with van der Waals surface area (Å²) in [6.45, 7) is 1.13. The summed E-state index contributed by atoms with van der Waals surface area (Å²) in [7, 11) is 3.51. The highest BCUT2D eigenvalue weighted by molar-refractivity contribution is 6.29. The fourth-order valence-electron chi connectivity index (χ4n) is 2.28. The van der Waals surface area contributed by atoms with Crippen molar-refractivity contribution in [2.24, 2.45) is 5.92 Å². The van der Waals surface area contributed by atoms with Gasteiger partial charge in [0.1, 0.15) is 10.8 Å². The molecule has 0 unspecified atom stereocenters. The topological polar surface area (TPSA) is 66.4 Å². The van der Waals surface area contributed by atoms with Crippen LogP contribution in [0.3, 0.4) is 0 Å². The van der Waals surface area contributed by atoms with Crippen molar-refractivity contribution in [1.29, 1.82) is 0 Å². The minimum Gasteiger partial charge on any atom is -0.349 e. The van der Waals surface area contributed by atoms with Crippen LogP contribution in [0.2, 0.25) is 5.15 Å². The molecule has 0 spiro atoms. The molecule has 1 aliphatic rings. The number of piperidine rings is 1. The maximum Gasteiger partial charge on any atom is 0.274 e. The average molecular weight is 297 g/mol. The highest BCUT2D eigenvalue weighted by Crippen LogP contribution is 2.20. The van der Waals surface area contributed by atoms with E-state index in [1.807, 2.05) is 0 Å². The number of carbonyl (C=O) groups is 2. The van der Waals surface area contributed by atoms with Crippen LogP contribution in [0.25, 0.3) is 0 Å². The summed E-state index contributed by atoms with van der Waals surface area (Å²) < 4.78 is 0. The molecule has 1 fully saturated rings. The number of halogens is 1. The molecule has 1 aromatic rings. The van der Waals surface area contributed by atoms with Crippen LogP contribution in [-0.4, -0.2) is 58.8 Å². The molecule has 0 radical (unpaired) electrons. The number of amides is 2. The Kier molecular flexibility index (Phi) is 4.54. The third kappa shape index (κ3) is 3.25. The molecule has 6 nitrogen and oxygen atoms in total. The Bertz CT molecular complexity index is 496. The van der Waals surface area contributed by atoms with Gasteiger partial charge in [-0.15, -0.1) is 0 Å². The second-order valence-corrected chi connectivity index (χ2v) is 5.41. The van der Waals surface area contributed by atoms with Crippen molar-refractivity contribution < 1.29 is 9.59 Å². The van der Waals surface area contributed by atoms with E-state index in [1.165, 1.54) is 12.4 Å². The van der Waals surface area contributed by atoms with Crippen LogP contribution < -0.4 is 0 Å². The molecule has 1 saturated heterocycles. The second kappa shape index (κ2) is 6.17. The number of hydrogen-bond acceptors (Lipinski definition) is 4. The number of carbonyl (C=O) groups excluding carboxylic acids is 2. The molecule has 0 bridgehead atoms. The lowest BCUT2D eigenvalue weighted by molar-refractivity contribution is -0.134. The standard InChI is InChI=1S/C13H17ClN4O2/c1-17(2)12(19)9-3-5-18(6-4-9)13(20)10-7-16-11(14)8-15-10/h7-9H,3-6H2,1-2H3. The molecule has 1 aromatic heterocycles. The van der Waals surface area contributed by atoms with Crippen molar-refractivity contribution in [3.63, 3.8) is 0 Å². The van der Waals surface area contributed by atoms with Crippen LogP contribution in [0.5, 0.6) is 0 Å². The number of nitrogens with zero attached hydrogens (tertiary/aromatic N) is 4. The third-order valence-electron chi connectivity index (χ3n) is 3.41. The summed E-state index contributed by atoms with van der Waals surface area (Å²) in [6, 6.07) is 0. The lowest BCUT2D eigenvalue weighted by Gasteiger charge is -2.32. The molecule has 20 heavy (non-hydrogen) atoms. The van der Waals surface area contributed by atoms with Crippen molar-refractivity contribution in [2.45, 2.75) is 12.8 Å². The minimum absolute atomic E-state index is 0.00496. The Balaban J connectivity index is 1.95. The normalized spacial score (nSPS) is 16.1. The minimum atomic E-state index is -0.162. The van der Waals surface area contributed by atoms with Gasteiger partial charge in [0.05, 0.1) is 12.4 Å². The van der Waals surface area contributed by atoms with E-state index in [0.29, 0.717) is 25.9 Å². The molecule has 0 saturated carbocycles. The molecule has 108 valence electrons. The monoisotopic (exact) mass is 296 g/mol. The van der Waals surface area contributed by atoms with E-state index in [-0.39, 0.29) is 28.6 Å². The molecule has 7 heteroatoms. The van der Waals surface area contributed by atoms with E-state index >= 15 is 0 Å². The first kappa shape index (κ1) is 14.7. The number of rotatable bonds is 2. The lowest BCUT2D eigenvalue weighted by atomic mass is 9.95. The van der Waals surface area contributed by atoms with Gasteiger partial charge in [0, 0.05) is 33.1 Å². The molecular formula is C13H17ClN4O2. The van der Waals surface area contributed by atoms with Crippen LogP contribution in [0.1, 0.15) is 23.3 Å². The van der Waals surface area contributed by atoms with E-state index in [0.717, 1.165) is 0 Å². The summed E-state index contributed by atoms with van der Waals surface area (Å²) in [6.07, 6.45) is 4.10. The molecule has 2 amide bonds. The molecule has 0 atom stereocenters. The van der Waals surface area contributed by atoms with E-state index in [4.69, 9.17) is 11.6 Å². The predicted octanol–water partition coefficient (Wildman–Crippen LogP) is 1.07. The number of hydrogen-bond donors (Lipinski definition) is 0. The molecule has 0 aromatic carbocycles. The van der Waals surface area contributed by atoms with Crippen LogP contribution in [0, 0.1) is 5.92 Å². The number of aromatic nitrogens is 2. The fourth-order valence-corrected chi connectivity index (χ4v) is 2.38. The van der Waals surface area contributed by atoms with Gasteiger partial charge >= 0.3 is 0 Å².